The zero-order valence-corrected chi connectivity index (χ0v) is 14.3. The zero-order valence-electron chi connectivity index (χ0n) is 12.8. The van der Waals surface area contributed by atoms with Gasteiger partial charge in [-0.3, -0.25) is 19.8 Å². The van der Waals surface area contributed by atoms with Crippen LogP contribution in [0.3, 0.4) is 0 Å². The Labute approximate surface area is 147 Å². The van der Waals surface area contributed by atoms with Gasteiger partial charge in [-0.2, -0.15) is 0 Å². The topological polar surface area (TPSA) is 108 Å². The van der Waals surface area contributed by atoms with Crippen LogP contribution in [0.1, 0.15) is 12.5 Å². The summed E-state index contributed by atoms with van der Waals surface area (Å²) in [5.41, 5.74) is -1.09. The van der Waals surface area contributed by atoms with Gasteiger partial charge >= 0.3 is 12.1 Å². The van der Waals surface area contributed by atoms with E-state index in [0.29, 0.717) is 15.5 Å². The van der Waals surface area contributed by atoms with Crippen molar-refractivity contribution in [1.29, 1.82) is 0 Å². The molecule has 3 N–H and O–H groups in total. The molecule has 0 spiro atoms. The van der Waals surface area contributed by atoms with Crippen LogP contribution in [0.2, 0.25) is 10.0 Å². The highest BCUT2D eigenvalue weighted by Gasteiger charge is 2.50. The fourth-order valence-corrected chi connectivity index (χ4v) is 2.89. The molecule has 0 aliphatic carbocycles. The van der Waals surface area contributed by atoms with E-state index in [2.05, 4.69) is 10.6 Å². The quantitative estimate of drug-likeness (QED) is 0.693. The van der Waals surface area contributed by atoms with Crippen molar-refractivity contribution in [3.8, 4) is 0 Å². The Morgan fingerprint density at radius 3 is 2.54 bits per heavy atom. The van der Waals surface area contributed by atoms with E-state index >= 15 is 0 Å². The fraction of sp³-hybridized carbons (Fsp3) is 0.286. The second-order valence-electron chi connectivity index (χ2n) is 5.20. The minimum absolute atomic E-state index is 0.204. The lowest BCUT2D eigenvalue weighted by Gasteiger charge is -2.23. The Hall–Kier alpha value is -2.32. The average Bonchev–Trinajstić information content (AvgIpc) is 2.71. The fourth-order valence-electron chi connectivity index (χ4n) is 2.29. The Morgan fingerprint density at radius 2 is 1.96 bits per heavy atom. The molecule has 8 nitrogen and oxygen atoms in total. The highest BCUT2D eigenvalue weighted by molar-refractivity contribution is 6.35. The second-order valence-corrected chi connectivity index (χ2v) is 6.04. The van der Waals surface area contributed by atoms with E-state index in [9.17, 15) is 19.2 Å². The molecular formula is C14H14Cl2N4O4. The molecule has 6 amide bonds. The Bertz CT molecular complexity index is 739. The summed E-state index contributed by atoms with van der Waals surface area (Å²) in [6, 6.07) is 3.01. The molecule has 1 aliphatic rings. The minimum Gasteiger partial charge on any atom is -0.341 e. The molecule has 0 saturated carbocycles. The van der Waals surface area contributed by atoms with E-state index < -0.39 is 36.0 Å². The number of hydrogen-bond donors (Lipinski definition) is 3. The maximum atomic E-state index is 12.6. The van der Waals surface area contributed by atoms with E-state index in [1.54, 1.807) is 0 Å². The summed E-state index contributed by atoms with van der Waals surface area (Å²) in [6.45, 7) is 0.873. The molecule has 0 unspecified atom stereocenters. The summed E-state index contributed by atoms with van der Waals surface area (Å²) in [4.78, 5) is 48.3. The predicted molar refractivity (Wildman–Crippen MR) is 86.7 cm³/mol. The van der Waals surface area contributed by atoms with E-state index in [4.69, 9.17) is 23.2 Å². The molecule has 24 heavy (non-hydrogen) atoms. The normalized spacial score (nSPS) is 19.9. The van der Waals surface area contributed by atoms with Crippen molar-refractivity contribution in [3.63, 3.8) is 0 Å². The van der Waals surface area contributed by atoms with Gasteiger partial charge in [0.1, 0.15) is 12.1 Å². The van der Waals surface area contributed by atoms with Crippen LogP contribution in [-0.2, 0) is 15.1 Å². The lowest BCUT2D eigenvalue weighted by Crippen LogP contribution is -2.46. The average molecular weight is 373 g/mol. The number of nitrogens with one attached hydrogen (secondary N) is 3. The van der Waals surface area contributed by atoms with Gasteiger partial charge in [0.2, 0.25) is 5.91 Å². The number of rotatable bonds is 3. The SMILES string of the molecule is CNC(=O)NC(=O)CN1C(=O)N[C@@](C)(c2ccc(Cl)cc2Cl)C1=O. The van der Waals surface area contributed by atoms with Crippen molar-refractivity contribution >= 4 is 47.1 Å². The first-order valence-electron chi connectivity index (χ1n) is 6.80. The maximum absolute atomic E-state index is 12.6. The molecule has 1 fully saturated rings. The number of carbonyl (C=O) groups excluding carboxylic acids is 4. The Morgan fingerprint density at radius 1 is 1.29 bits per heavy atom. The van der Waals surface area contributed by atoms with Crippen molar-refractivity contribution in [2.75, 3.05) is 13.6 Å². The predicted octanol–water partition coefficient (Wildman–Crippen LogP) is 1.22. The molecule has 0 radical (unpaired) electrons. The highest BCUT2D eigenvalue weighted by atomic mass is 35.5. The van der Waals surface area contributed by atoms with Crippen LogP contribution in [0.4, 0.5) is 9.59 Å². The van der Waals surface area contributed by atoms with Crippen LogP contribution in [0.15, 0.2) is 18.2 Å². The van der Waals surface area contributed by atoms with Gasteiger partial charge in [-0.1, -0.05) is 29.3 Å². The maximum Gasteiger partial charge on any atom is 0.325 e. The first-order chi connectivity index (χ1) is 11.2. The number of hydrogen-bond acceptors (Lipinski definition) is 4. The number of carbonyl (C=O) groups is 4. The lowest BCUT2D eigenvalue weighted by atomic mass is 9.92. The molecule has 1 saturated heterocycles. The number of halogens is 2. The van der Waals surface area contributed by atoms with Crippen LogP contribution < -0.4 is 16.0 Å². The Kier molecular flexibility index (Phi) is 5.00. The molecule has 1 aromatic carbocycles. The summed E-state index contributed by atoms with van der Waals surface area (Å²) >= 11 is 12.0. The standard InChI is InChI=1S/C14H14Cl2N4O4/c1-14(8-4-3-7(15)5-9(8)16)11(22)20(13(24)19-14)6-10(21)18-12(23)17-2/h3-5H,6H2,1-2H3,(H,19,24)(H2,17,18,21,23)/t14-/m0/s1. The number of urea groups is 2. The van der Waals surface area contributed by atoms with Crippen LogP contribution in [0.5, 0.6) is 0 Å². The van der Waals surface area contributed by atoms with E-state index in [-0.39, 0.29) is 5.02 Å². The summed E-state index contributed by atoms with van der Waals surface area (Å²) in [5.74, 6) is -1.46. The van der Waals surface area contributed by atoms with E-state index in [1.807, 2.05) is 5.32 Å². The van der Waals surface area contributed by atoms with E-state index in [1.165, 1.54) is 32.2 Å². The zero-order chi connectivity index (χ0) is 18.1. The molecule has 10 heteroatoms. The van der Waals surface area contributed by atoms with Crippen molar-refractivity contribution in [3.05, 3.63) is 33.8 Å². The third kappa shape index (κ3) is 3.29. The van der Waals surface area contributed by atoms with Gasteiger partial charge in [0.25, 0.3) is 5.91 Å². The number of nitrogens with zero attached hydrogens (tertiary/aromatic N) is 1. The summed E-state index contributed by atoms with van der Waals surface area (Å²) in [6.07, 6.45) is 0. The van der Waals surface area contributed by atoms with E-state index in [0.717, 1.165) is 0 Å². The summed E-state index contributed by atoms with van der Waals surface area (Å²) < 4.78 is 0. The van der Waals surface area contributed by atoms with Gasteiger partial charge < -0.3 is 10.6 Å². The van der Waals surface area contributed by atoms with Crippen LogP contribution in [0.25, 0.3) is 0 Å². The third-order valence-electron chi connectivity index (χ3n) is 3.53. The first-order valence-corrected chi connectivity index (χ1v) is 7.56. The Balaban J connectivity index is 2.24. The van der Waals surface area contributed by atoms with Crippen molar-refractivity contribution < 1.29 is 19.2 Å². The van der Waals surface area contributed by atoms with Gasteiger partial charge in [-0.05, 0) is 19.1 Å². The summed E-state index contributed by atoms with van der Waals surface area (Å²) in [5, 5.41) is 7.26. The van der Waals surface area contributed by atoms with Crippen LogP contribution in [-0.4, -0.2) is 42.4 Å². The van der Waals surface area contributed by atoms with Gasteiger partial charge in [0.05, 0.1) is 0 Å². The van der Waals surface area contributed by atoms with Crippen molar-refractivity contribution in [2.45, 2.75) is 12.5 Å². The lowest BCUT2D eigenvalue weighted by molar-refractivity contribution is -0.134. The van der Waals surface area contributed by atoms with Gasteiger partial charge in [-0.25, -0.2) is 9.59 Å². The minimum atomic E-state index is -1.44. The molecule has 128 valence electrons. The number of imide groups is 2. The molecular weight excluding hydrogens is 359 g/mol. The molecule has 0 bridgehead atoms. The molecule has 0 aromatic heterocycles. The molecule has 1 aromatic rings. The monoisotopic (exact) mass is 372 g/mol. The molecule has 1 heterocycles. The largest absolute Gasteiger partial charge is 0.341 e. The third-order valence-corrected chi connectivity index (χ3v) is 4.07. The van der Waals surface area contributed by atoms with Crippen LogP contribution in [0, 0.1) is 0 Å². The van der Waals surface area contributed by atoms with Gasteiger partial charge in [-0.15, -0.1) is 0 Å². The molecule has 1 atom stereocenters. The van der Waals surface area contributed by atoms with Gasteiger partial charge in [0.15, 0.2) is 0 Å². The molecule has 2 rings (SSSR count). The highest BCUT2D eigenvalue weighted by Crippen LogP contribution is 2.34. The van der Waals surface area contributed by atoms with Crippen molar-refractivity contribution in [1.82, 2.24) is 20.9 Å². The number of amides is 6. The van der Waals surface area contributed by atoms with Crippen molar-refractivity contribution in [2.24, 2.45) is 0 Å². The van der Waals surface area contributed by atoms with Crippen LogP contribution >= 0.6 is 23.2 Å². The van der Waals surface area contributed by atoms with Gasteiger partial charge in [0, 0.05) is 22.7 Å². The summed E-state index contributed by atoms with van der Waals surface area (Å²) in [7, 11) is 1.33. The number of benzene rings is 1. The molecule has 1 aliphatic heterocycles. The first kappa shape index (κ1) is 18.0. The smallest absolute Gasteiger partial charge is 0.325 e. The second kappa shape index (κ2) is 6.66.